The summed E-state index contributed by atoms with van der Waals surface area (Å²) in [5.74, 6) is -0.0935. The minimum absolute atomic E-state index is 0.0392. The third kappa shape index (κ3) is 3.03. The molecule has 0 spiro atoms. The summed E-state index contributed by atoms with van der Waals surface area (Å²) in [7, 11) is 0. The van der Waals surface area contributed by atoms with E-state index in [1.807, 2.05) is 24.3 Å². The zero-order chi connectivity index (χ0) is 19.1. The Morgan fingerprint density at radius 3 is 2.89 bits per heavy atom. The van der Waals surface area contributed by atoms with Crippen LogP contribution in [-0.4, -0.2) is 34.6 Å². The molecular formula is C21H18N4O2S. The third-order valence-corrected chi connectivity index (χ3v) is 6.25. The Labute approximate surface area is 164 Å². The van der Waals surface area contributed by atoms with Crippen LogP contribution in [0.15, 0.2) is 48.7 Å². The lowest BCUT2D eigenvalue weighted by atomic mass is 10.0. The Morgan fingerprint density at radius 1 is 1.18 bits per heavy atom. The number of nitrogens with zero attached hydrogens (tertiary/aromatic N) is 1. The van der Waals surface area contributed by atoms with Gasteiger partial charge in [-0.2, -0.15) is 5.10 Å². The highest BCUT2D eigenvalue weighted by Crippen LogP contribution is 2.37. The highest BCUT2D eigenvalue weighted by Gasteiger charge is 2.21. The topological polar surface area (TPSA) is 86.9 Å². The molecule has 0 bridgehead atoms. The number of nitrogens with one attached hydrogen (secondary N) is 3. The van der Waals surface area contributed by atoms with Crippen molar-refractivity contribution in [1.29, 1.82) is 0 Å². The van der Waals surface area contributed by atoms with E-state index in [0.717, 1.165) is 21.3 Å². The van der Waals surface area contributed by atoms with Gasteiger partial charge in [0.1, 0.15) is 0 Å². The minimum atomic E-state index is -0.133. The van der Waals surface area contributed by atoms with Gasteiger partial charge in [-0.25, -0.2) is 0 Å². The summed E-state index contributed by atoms with van der Waals surface area (Å²) in [5, 5.41) is 15.1. The van der Waals surface area contributed by atoms with E-state index in [1.54, 1.807) is 17.5 Å². The van der Waals surface area contributed by atoms with Crippen LogP contribution in [0.5, 0.6) is 0 Å². The third-order valence-electron chi connectivity index (χ3n) is 5.10. The van der Waals surface area contributed by atoms with Gasteiger partial charge in [0.2, 0.25) is 5.91 Å². The number of rotatable bonds is 3. The van der Waals surface area contributed by atoms with Gasteiger partial charge >= 0.3 is 0 Å². The minimum Gasteiger partial charge on any atom is -0.354 e. The van der Waals surface area contributed by atoms with Crippen LogP contribution in [0.1, 0.15) is 23.2 Å². The summed E-state index contributed by atoms with van der Waals surface area (Å²) < 4.78 is 1.21. The number of H-pyrrole nitrogens is 1. The number of hydrogen-bond acceptors (Lipinski definition) is 4. The van der Waals surface area contributed by atoms with Crippen molar-refractivity contribution in [3.63, 3.8) is 0 Å². The number of carbonyl (C=O) groups is 2. The van der Waals surface area contributed by atoms with Crippen molar-refractivity contribution in [2.75, 3.05) is 6.54 Å². The number of piperidine rings is 1. The molecule has 1 fully saturated rings. The molecule has 2 aromatic carbocycles. The number of aromatic amines is 1. The first-order valence-corrected chi connectivity index (χ1v) is 10.0. The second kappa shape index (κ2) is 6.76. The fourth-order valence-corrected chi connectivity index (χ4v) is 4.71. The summed E-state index contributed by atoms with van der Waals surface area (Å²) in [4.78, 5) is 25.3. The Balaban J connectivity index is 1.52. The van der Waals surface area contributed by atoms with Crippen LogP contribution in [0.3, 0.4) is 0 Å². The highest BCUT2D eigenvalue weighted by atomic mass is 32.1. The lowest BCUT2D eigenvalue weighted by molar-refractivity contribution is -0.122. The molecule has 3 N–H and O–H groups in total. The molecule has 1 unspecified atom stereocenters. The fraction of sp³-hybridized carbons (Fsp3) is 0.190. The molecule has 3 heterocycles. The number of thiophene rings is 1. The molecule has 1 atom stereocenters. The molecule has 1 aliphatic rings. The van der Waals surface area contributed by atoms with Gasteiger partial charge in [0.05, 0.1) is 11.7 Å². The molecule has 6 nitrogen and oxygen atoms in total. The van der Waals surface area contributed by atoms with Crippen molar-refractivity contribution < 1.29 is 9.59 Å². The summed E-state index contributed by atoms with van der Waals surface area (Å²) in [6.45, 7) is 0.474. The normalized spacial score (nSPS) is 17.0. The molecule has 7 heteroatoms. The summed E-state index contributed by atoms with van der Waals surface area (Å²) in [5.41, 5.74) is 2.49. The monoisotopic (exact) mass is 390 g/mol. The van der Waals surface area contributed by atoms with Crippen molar-refractivity contribution in [1.82, 2.24) is 20.8 Å². The first-order valence-electron chi connectivity index (χ1n) is 9.21. The van der Waals surface area contributed by atoms with Gasteiger partial charge in [-0.05, 0) is 36.1 Å². The smallest absolute Gasteiger partial charge is 0.251 e. The van der Waals surface area contributed by atoms with Crippen molar-refractivity contribution in [3.8, 4) is 10.4 Å². The largest absolute Gasteiger partial charge is 0.354 e. The molecule has 2 amide bonds. The van der Waals surface area contributed by atoms with Gasteiger partial charge in [0, 0.05) is 45.1 Å². The van der Waals surface area contributed by atoms with E-state index < -0.39 is 0 Å². The molecule has 5 rings (SSSR count). The number of carbonyl (C=O) groups excluding carboxylic acids is 2. The Hall–Kier alpha value is -3.19. The predicted molar refractivity (Wildman–Crippen MR) is 110 cm³/mol. The van der Waals surface area contributed by atoms with E-state index in [0.29, 0.717) is 24.9 Å². The van der Waals surface area contributed by atoms with E-state index in [2.05, 4.69) is 39.0 Å². The molecule has 2 aromatic heterocycles. The zero-order valence-corrected chi connectivity index (χ0v) is 15.8. The van der Waals surface area contributed by atoms with E-state index in [-0.39, 0.29) is 17.9 Å². The lowest BCUT2D eigenvalue weighted by Gasteiger charge is -2.23. The Morgan fingerprint density at radius 2 is 2.07 bits per heavy atom. The van der Waals surface area contributed by atoms with Crippen molar-refractivity contribution in [3.05, 3.63) is 54.2 Å². The molecule has 0 aliphatic carbocycles. The first kappa shape index (κ1) is 16.9. The molecule has 0 saturated carbocycles. The van der Waals surface area contributed by atoms with E-state index in [9.17, 15) is 9.59 Å². The number of fused-ring (bicyclic) bond motifs is 2. The number of benzene rings is 2. The SMILES string of the molecule is O=C1CCC(NC(=O)c2cc(-c3cc4ccccc4s3)c3[nH]ncc3c2)CN1. The summed E-state index contributed by atoms with van der Waals surface area (Å²) in [6, 6.07) is 14.1. The maximum atomic E-state index is 12.9. The lowest BCUT2D eigenvalue weighted by Crippen LogP contribution is -2.47. The van der Waals surface area contributed by atoms with Crippen LogP contribution < -0.4 is 10.6 Å². The molecule has 4 aromatic rings. The molecule has 140 valence electrons. The second-order valence-corrected chi connectivity index (χ2v) is 8.10. The van der Waals surface area contributed by atoms with Crippen LogP contribution in [0, 0.1) is 0 Å². The Bertz CT molecular complexity index is 1170. The molecule has 0 radical (unpaired) electrons. The van der Waals surface area contributed by atoms with Gasteiger partial charge in [-0.3, -0.25) is 14.7 Å². The number of hydrogen-bond donors (Lipinski definition) is 3. The van der Waals surface area contributed by atoms with Gasteiger partial charge < -0.3 is 10.6 Å². The predicted octanol–water partition coefficient (Wildman–Crippen LogP) is 3.45. The van der Waals surface area contributed by atoms with Crippen LogP contribution >= 0.6 is 11.3 Å². The summed E-state index contributed by atoms with van der Waals surface area (Å²) >= 11 is 1.70. The van der Waals surface area contributed by atoms with Crippen molar-refractivity contribution in [2.45, 2.75) is 18.9 Å². The maximum absolute atomic E-state index is 12.9. The van der Waals surface area contributed by atoms with Crippen LogP contribution in [0.4, 0.5) is 0 Å². The Kier molecular flexibility index (Phi) is 4.09. The zero-order valence-electron chi connectivity index (χ0n) is 15.0. The van der Waals surface area contributed by atoms with Crippen LogP contribution in [0.2, 0.25) is 0 Å². The van der Waals surface area contributed by atoms with Gasteiger partial charge in [0.25, 0.3) is 5.91 Å². The molecule has 1 aliphatic heterocycles. The average Bonchev–Trinajstić information content (AvgIpc) is 3.35. The van der Waals surface area contributed by atoms with Crippen molar-refractivity contribution in [2.24, 2.45) is 0 Å². The maximum Gasteiger partial charge on any atom is 0.251 e. The number of amides is 2. The average molecular weight is 390 g/mol. The highest BCUT2D eigenvalue weighted by molar-refractivity contribution is 7.22. The van der Waals surface area contributed by atoms with Gasteiger partial charge in [-0.1, -0.05) is 18.2 Å². The van der Waals surface area contributed by atoms with E-state index in [4.69, 9.17) is 0 Å². The fourth-order valence-electron chi connectivity index (χ4n) is 3.62. The van der Waals surface area contributed by atoms with E-state index >= 15 is 0 Å². The molecular weight excluding hydrogens is 372 g/mol. The van der Waals surface area contributed by atoms with Crippen LogP contribution in [-0.2, 0) is 4.79 Å². The van der Waals surface area contributed by atoms with Crippen molar-refractivity contribution >= 4 is 44.1 Å². The molecule has 28 heavy (non-hydrogen) atoms. The molecule has 1 saturated heterocycles. The number of aromatic nitrogens is 2. The second-order valence-electron chi connectivity index (χ2n) is 7.02. The van der Waals surface area contributed by atoms with Gasteiger partial charge in [0.15, 0.2) is 0 Å². The first-order chi connectivity index (χ1) is 13.7. The summed E-state index contributed by atoms with van der Waals surface area (Å²) in [6.07, 6.45) is 2.84. The van der Waals surface area contributed by atoms with Gasteiger partial charge in [-0.15, -0.1) is 11.3 Å². The standard InChI is InChI=1S/C21H18N4O2S/c26-19-6-5-15(11-22-19)24-21(27)13-7-14-10-23-25-20(14)16(8-13)18-9-12-3-1-2-4-17(12)28-18/h1-4,7-10,15H,5-6,11H2,(H,22,26)(H,23,25)(H,24,27). The van der Waals surface area contributed by atoms with E-state index in [1.165, 1.54) is 10.1 Å². The van der Waals surface area contributed by atoms with Crippen LogP contribution in [0.25, 0.3) is 31.4 Å². The quantitative estimate of drug-likeness (QED) is 0.501.